The molecule has 6 heteroatoms. The summed E-state index contributed by atoms with van der Waals surface area (Å²) in [6.07, 6.45) is -4.22. The number of hydrogen-bond acceptors (Lipinski definition) is 2. The maximum atomic E-state index is 12.3. The molecule has 1 aromatic rings. The van der Waals surface area contributed by atoms with Gasteiger partial charge in [-0.25, -0.2) is 0 Å². The second-order valence-electron chi connectivity index (χ2n) is 4.19. The van der Waals surface area contributed by atoms with Crippen LogP contribution in [0.4, 0.5) is 18.9 Å². The summed E-state index contributed by atoms with van der Waals surface area (Å²) in [5.74, 6) is 0. The Kier molecular flexibility index (Phi) is 4.87. The van der Waals surface area contributed by atoms with Gasteiger partial charge in [0.05, 0.1) is 0 Å². The predicted molar refractivity (Wildman–Crippen MR) is 68.3 cm³/mol. The first-order valence-electron chi connectivity index (χ1n) is 5.49. The second-order valence-corrected chi connectivity index (χ2v) is 4.59. The van der Waals surface area contributed by atoms with Gasteiger partial charge in [0.25, 0.3) is 0 Å². The largest absolute Gasteiger partial charge is 0.405 e. The number of nitrogens with one attached hydrogen (secondary N) is 1. The van der Waals surface area contributed by atoms with E-state index in [9.17, 15) is 13.2 Å². The van der Waals surface area contributed by atoms with Crippen molar-refractivity contribution >= 4 is 17.3 Å². The van der Waals surface area contributed by atoms with Crippen LogP contribution in [0.2, 0.25) is 5.02 Å². The zero-order valence-electron chi connectivity index (χ0n) is 10.5. The Bertz CT molecular complexity index is 407. The molecule has 1 rings (SSSR count). The number of rotatable bonds is 4. The Morgan fingerprint density at radius 2 is 2.00 bits per heavy atom. The molecule has 1 aromatic carbocycles. The summed E-state index contributed by atoms with van der Waals surface area (Å²) in [7, 11) is 3.19. The van der Waals surface area contributed by atoms with Gasteiger partial charge < -0.3 is 10.2 Å². The molecule has 0 fully saturated rings. The van der Waals surface area contributed by atoms with Crippen LogP contribution in [0.1, 0.15) is 18.5 Å². The van der Waals surface area contributed by atoms with Gasteiger partial charge in [-0.2, -0.15) is 13.2 Å². The predicted octanol–water partition coefficient (Wildman–Crippen LogP) is 3.62. The molecule has 0 bridgehead atoms. The van der Waals surface area contributed by atoms with E-state index in [1.54, 1.807) is 25.2 Å². The average molecular weight is 281 g/mol. The first-order valence-corrected chi connectivity index (χ1v) is 5.87. The van der Waals surface area contributed by atoms with Crippen LogP contribution < -0.4 is 10.2 Å². The SMILES string of the molecule is CNC(C)c1ccc(N(C)CC(F)(F)F)cc1Cl. The molecule has 1 N–H and O–H groups in total. The van der Waals surface area contributed by atoms with E-state index in [0.717, 1.165) is 10.5 Å². The van der Waals surface area contributed by atoms with Crippen LogP contribution in [0.3, 0.4) is 0 Å². The van der Waals surface area contributed by atoms with Crippen molar-refractivity contribution < 1.29 is 13.2 Å². The van der Waals surface area contributed by atoms with Crippen LogP contribution in [-0.2, 0) is 0 Å². The number of hydrogen-bond donors (Lipinski definition) is 1. The quantitative estimate of drug-likeness (QED) is 0.906. The normalized spacial score (nSPS) is 13.5. The zero-order chi connectivity index (χ0) is 13.9. The van der Waals surface area contributed by atoms with Crippen LogP contribution in [0.5, 0.6) is 0 Å². The number of benzene rings is 1. The third kappa shape index (κ3) is 4.07. The maximum absolute atomic E-state index is 12.3. The van der Waals surface area contributed by atoms with Crippen molar-refractivity contribution in [2.75, 3.05) is 25.5 Å². The van der Waals surface area contributed by atoms with Gasteiger partial charge in [-0.3, -0.25) is 0 Å². The molecule has 0 spiro atoms. The molecule has 0 amide bonds. The molecular weight excluding hydrogens is 265 g/mol. The van der Waals surface area contributed by atoms with Gasteiger partial charge >= 0.3 is 6.18 Å². The van der Waals surface area contributed by atoms with Crippen LogP contribution in [0.25, 0.3) is 0 Å². The number of nitrogens with zero attached hydrogens (tertiary/aromatic N) is 1. The fourth-order valence-corrected chi connectivity index (χ4v) is 1.96. The van der Waals surface area contributed by atoms with Crippen molar-refractivity contribution in [3.05, 3.63) is 28.8 Å². The molecule has 0 aliphatic carbocycles. The lowest BCUT2D eigenvalue weighted by Crippen LogP contribution is -2.30. The smallest absolute Gasteiger partial charge is 0.366 e. The van der Waals surface area contributed by atoms with Crippen LogP contribution in [-0.4, -0.2) is 26.8 Å². The zero-order valence-corrected chi connectivity index (χ0v) is 11.2. The van der Waals surface area contributed by atoms with Crippen molar-refractivity contribution in [3.63, 3.8) is 0 Å². The molecule has 0 aliphatic heterocycles. The Hall–Kier alpha value is -0.940. The summed E-state index contributed by atoms with van der Waals surface area (Å²) >= 11 is 6.07. The van der Waals surface area contributed by atoms with E-state index in [0.29, 0.717) is 10.7 Å². The highest BCUT2D eigenvalue weighted by atomic mass is 35.5. The topological polar surface area (TPSA) is 15.3 Å². The summed E-state index contributed by atoms with van der Waals surface area (Å²) in [5.41, 5.74) is 1.31. The molecule has 102 valence electrons. The molecule has 2 nitrogen and oxygen atoms in total. The van der Waals surface area contributed by atoms with Gasteiger partial charge in [0.15, 0.2) is 0 Å². The average Bonchev–Trinajstić information content (AvgIpc) is 2.25. The minimum Gasteiger partial charge on any atom is -0.366 e. The van der Waals surface area contributed by atoms with E-state index in [4.69, 9.17) is 11.6 Å². The van der Waals surface area contributed by atoms with E-state index in [2.05, 4.69) is 5.32 Å². The number of halogens is 4. The first kappa shape index (κ1) is 15.1. The molecular formula is C12H16ClF3N2. The molecule has 0 saturated carbocycles. The lowest BCUT2D eigenvalue weighted by Gasteiger charge is -2.22. The van der Waals surface area contributed by atoms with Gasteiger partial charge in [0.1, 0.15) is 6.54 Å². The maximum Gasteiger partial charge on any atom is 0.405 e. The molecule has 0 heterocycles. The highest BCUT2D eigenvalue weighted by molar-refractivity contribution is 6.31. The molecule has 0 aromatic heterocycles. The van der Waals surface area contributed by atoms with Gasteiger partial charge in [-0.1, -0.05) is 17.7 Å². The second kappa shape index (κ2) is 5.80. The Morgan fingerprint density at radius 3 is 2.44 bits per heavy atom. The molecule has 0 saturated heterocycles. The molecule has 0 aliphatic rings. The van der Waals surface area contributed by atoms with E-state index in [1.165, 1.54) is 7.05 Å². The van der Waals surface area contributed by atoms with Crippen LogP contribution >= 0.6 is 11.6 Å². The van der Waals surface area contributed by atoms with Gasteiger partial charge in [-0.05, 0) is 31.7 Å². The molecule has 1 unspecified atom stereocenters. The van der Waals surface area contributed by atoms with E-state index in [-0.39, 0.29) is 6.04 Å². The minimum absolute atomic E-state index is 0.0551. The van der Waals surface area contributed by atoms with Gasteiger partial charge in [0.2, 0.25) is 0 Å². The van der Waals surface area contributed by atoms with Gasteiger partial charge in [-0.15, -0.1) is 0 Å². The summed E-state index contributed by atoms with van der Waals surface area (Å²) < 4.78 is 36.8. The van der Waals surface area contributed by atoms with E-state index in [1.807, 2.05) is 6.92 Å². The van der Waals surface area contributed by atoms with E-state index < -0.39 is 12.7 Å². The summed E-state index contributed by atoms with van der Waals surface area (Å²) in [6, 6.07) is 4.99. The Labute approximate surface area is 110 Å². The molecule has 0 radical (unpaired) electrons. The van der Waals surface area contributed by atoms with Crippen molar-refractivity contribution in [2.45, 2.75) is 19.1 Å². The third-order valence-electron chi connectivity index (χ3n) is 2.74. The number of anilines is 1. The van der Waals surface area contributed by atoms with Crippen molar-refractivity contribution in [2.24, 2.45) is 0 Å². The van der Waals surface area contributed by atoms with Crippen LogP contribution in [0.15, 0.2) is 18.2 Å². The fourth-order valence-electron chi connectivity index (χ4n) is 1.62. The standard InChI is InChI=1S/C12H16ClF3N2/c1-8(17-2)10-5-4-9(6-11(10)13)18(3)7-12(14,15)16/h4-6,8,17H,7H2,1-3H3. The third-order valence-corrected chi connectivity index (χ3v) is 3.07. The van der Waals surface area contributed by atoms with Crippen molar-refractivity contribution in [1.29, 1.82) is 0 Å². The summed E-state index contributed by atoms with van der Waals surface area (Å²) in [6.45, 7) is 0.935. The fraction of sp³-hybridized carbons (Fsp3) is 0.500. The van der Waals surface area contributed by atoms with Crippen LogP contribution in [0, 0.1) is 0 Å². The van der Waals surface area contributed by atoms with Crippen molar-refractivity contribution in [3.8, 4) is 0 Å². The monoisotopic (exact) mass is 280 g/mol. The van der Waals surface area contributed by atoms with E-state index >= 15 is 0 Å². The van der Waals surface area contributed by atoms with Gasteiger partial charge in [0, 0.05) is 23.8 Å². The molecule has 1 atom stereocenters. The minimum atomic E-state index is -4.22. The highest BCUT2D eigenvalue weighted by Crippen LogP contribution is 2.28. The van der Waals surface area contributed by atoms with Crippen molar-refractivity contribution in [1.82, 2.24) is 5.32 Å². The lowest BCUT2D eigenvalue weighted by atomic mass is 10.1. The first-order chi connectivity index (χ1) is 8.24. The molecule has 18 heavy (non-hydrogen) atoms. The summed E-state index contributed by atoms with van der Waals surface area (Å²) in [4.78, 5) is 1.12. The lowest BCUT2D eigenvalue weighted by molar-refractivity contribution is -0.119. The highest BCUT2D eigenvalue weighted by Gasteiger charge is 2.29. The Balaban J connectivity index is 2.90. The Morgan fingerprint density at radius 1 is 1.39 bits per heavy atom. The summed E-state index contributed by atoms with van der Waals surface area (Å²) in [5, 5.41) is 3.49. The number of alkyl halides is 3.